The molecule has 0 fully saturated rings. The second kappa shape index (κ2) is 4.45. The van der Waals surface area contributed by atoms with E-state index in [0.29, 0.717) is 23.6 Å². The molecule has 0 aliphatic carbocycles. The summed E-state index contributed by atoms with van der Waals surface area (Å²) in [6.45, 7) is 4.17. The Bertz CT molecular complexity index is 540. The van der Waals surface area contributed by atoms with Crippen LogP contribution in [0.1, 0.15) is 27.6 Å². The molecule has 90 valence electrons. The summed E-state index contributed by atoms with van der Waals surface area (Å²) in [7, 11) is 1.35. The Balaban J connectivity index is 2.20. The van der Waals surface area contributed by atoms with Crippen molar-refractivity contribution in [3.63, 3.8) is 0 Å². The van der Waals surface area contributed by atoms with Gasteiger partial charge in [-0.05, 0) is 26.0 Å². The average molecular weight is 234 g/mol. The first-order chi connectivity index (χ1) is 8.10. The fraction of sp³-hybridized carbons (Fsp3) is 0.333. The van der Waals surface area contributed by atoms with Crippen LogP contribution in [-0.4, -0.2) is 22.9 Å². The molecule has 0 N–H and O–H groups in total. The zero-order chi connectivity index (χ0) is 12.4. The van der Waals surface area contributed by atoms with Gasteiger partial charge in [-0.1, -0.05) is 0 Å². The molecule has 0 atom stereocenters. The second-order valence-corrected chi connectivity index (χ2v) is 3.83. The van der Waals surface area contributed by atoms with Gasteiger partial charge < -0.3 is 9.15 Å². The Morgan fingerprint density at radius 1 is 1.53 bits per heavy atom. The number of furan rings is 1. The molecule has 0 radical (unpaired) electrons. The average Bonchev–Trinajstić information content (AvgIpc) is 2.85. The van der Waals surface area contributed by atoms with Gasteiger partial charge in [0.1, 0.15) is 17.1 Å². The minimum absolute atomic E-state index is 0.380. The number of rotatable bonds is 3. The van der Waals surface area contributed by atoms with Gasteiger partial charge in [-0.3, -0.25) is 4.68 Å². The summed E-state index contributed by atoms with van der Waals surface area (Å²) in [5.41, 5.74) is 1.41. The molecule has 0 bridgehead atoms. The number of carbonyl (C=O) groups is 1. The Kier molecular flexibility index (Phi) is 2.99. The number of methoxy groups -OCH3 is 1. The van der Waals surface area contributed by atoms with Crippen molar-refractivity contribution in [3.05, 3.63) is 41.1 Å². The van der Waals surface area contributed by atoms with Gasteiger partial charge in [-0.25, -0.2) is 4.79 Å². The lowest BCUT2D eigenvalue weighted by Gasteiger charge is -1.96. The number of aryl methyl sites for hydroxylation is 2. The maximum absolute atomic E-state index is 11.4. The summed E-state index contributed by atoms with van der Waals surface area (Å²) in [4.78, 5) is 11.4. The van der Waals surface area contributed by atoms with Crippen LogP contribution in [0.3, 0.4) is 0 Å². The van der Waals surface area contributed by atoms with Crippen LogP contribution in [0.5, 0.6) is 0 Å². The highest BCUT2D eigenvalue weighted by Crippen LogP contribution is 2.16. The van der Waals surface area contributed by atoms with Crippen LogP contribution in [0, 0.1) is 13.8 Å². The van der Waals surface area contributed by atoms with E-state index in [-0.39, 0.29) is 5.97 Å². The smallest absolute Gasteiger partial charge is 0.341 e. The van der Waals surface area contributed by atoms with E-state index in [4.69, 9.17) is 4.42 Å². The molecular formula is C12H14N2O3. The number of hydrogen-bond donors (Lipinski definition) is 0. The van der Waals surface area contributed by atoms with Crippen molar-refractivity contribution < 1.29 is 13.9 Å². The molecule has 0 saturated carbocycles. The van der Waals surface area contributed by atoms with E-state index < -0.39 is 0 Å². The number of hydrogen-bond acceptors (Lipinski definition) is 4. The van der Waals surface area contributed by atoms with Crippen molar-refractivity contribution in [1.82, 2.24) is 9.78 Å². The molecule has 2 heterocycles. The normalized spacial score (nSPS) is 10.5. The van der Waals surface area contributed by atoms with Crippen molar-refractivity contribution in [2.75, 3.05) is 7.11 Å². The first-order valence-corrected chi connectivity index (χ1v) is 5.28. The van der Waals surface area contributed by atoms with Gasteiger partial charge in [0.2, 0.25) is 0 Å². The summed E-state index contributed by atoms with van der Waals surface area (Å²) in [6.07, 6.45) is 1.87. The molecule has 2 rings (SSSR count). The van der Waals surface area contributed by atoms with E-state index in [9.17, 15) is 4.79 Å². The Labute approximate surface area is 99.0 Å². The number of aromatic nitrogens is 2. The number of ether oxygens (including phenoxy) is 1. The summed E-state index contributed by atoms with van der Waals surface area (Å²) in [5, 5.41) is 4.25. The van der Waals surface area contributed by atoms with Crippen LogP contribution >= 0.6 is 0 Å². The predicted molar refractivity (Wildman–Crippen MR) is 60.9 cm³/mol. The maximum atomic E-state index is 11.4. The van der Waals surface area contributed by atoms with Gasteiger partial charge in [0.05, 0.1) is 19.3 Å². The number of carbonyl (C=O) groups excluding carboxylic acids is 1. The minimum Gasteiger partial charge on any atom is -0.465 e. The highest BCUT2D eigenvalue weighted by molar-refractivity contribution is 5.90. The van der Waals surface area contributed by atoms with Crippen LogP contribution in [0.2, 0.25) is 0 Å². The molecule has 0 aliphatic rings. The van der Waals surface area contributed by atoms with Crippen LogP contribution in [0.15, 0.2) is 22.7 Å². The van der Waals surface area contributed by atoms with Gasteiger partial charge in [0, 0.05) is 6.20 Å². The quantitative estimate of drug-likeness (QED) is 0.761. The largest absolute Gasteiger partial charge is 0.465 e. The second-order valence-electron chi connectivity index (χ2n) is 3.83. The van der Waals surface area contributed by atoms with Crippen LogP contribution < -0.4 is 0 Å². The van der Waals surface area contributed by atoms with Crippen molar-refractivity contribution in [1.29, 1.82) is 0 Å². The number of nitrogens with zero attached hydrogens (tertiary/aromatic N) is 2. The molecule has 0 amide bonds. The lowest BCUT2D eigenvalue weighted by molar-refractivity contribution is 0.0599. The predicted octanol–water partition coefficient (Wildman–Crippen LogP) is 1.93. The van der Waals surface area contributed by atoms with Gasteiger partial charge in [0.15, 0.2) is 0 Å². The molecule has 2 aromatic heterocycles. The lowest BCUT2D eigenvalue weighted by atomic mass is 10.2. The van der Waals surface area contributed by atoms with E-state index >= 15 is 0 Å². The van der Waals surface area contributed by atoms with Crippen LogP contribution in [0.4, 0.5) is 0 Å². The van der Waals surface area contributed by atoms with Gasteiger partial charge in [-0.15, -0.1) is 0 Å². The molecule has 0 spiro atoms. The van der Waals surface area contributed by atoms with E-state index in [1.165, 1.54) is 7.11 Å². The molecular weight excluding hydrogens is 220 g/mol. The van der Waals surface area contributed by atoms with E-state index in [1.807, 2.05) is 19.2 Å². The van der Waals surface area contributed by atoms with E-state index in [0.717, 1.165) is 5.69 Å². The highest BCUT2D eigenvalue weighted by Gasteiger charge is 2.15. The molecule has 5 heteroatoms. The molecule has 2 aromatic rings. The van der Waals surface area contributed by atoms with Gasteiger partial charge >= 0.3 is 5.97 Å². The van der Waals surface area contributed by atoms with Crippen molar-refractivity contribution in [3.8, 4) is 0 Å². The van der Waals surface area contributed by atoms with Gasteiger partial charge in [0.25, 0.3) is 0 Å². The van der Waals surface area contributed by atoms with Crippen molar-refractivity contribution in [2.45, 2.75) is 20.4 Å². The molecule has 0 aromatic carbocycles. The van der Waals surface area contributed by atoms with E-state index in [1.54, 1.807) is 17.7 Å². The third-order valence-corrected chi connectivity index (χ3v) is 2.47. The Hall–Kier alpha value is -2.04. The molecule has 0 aliphatic heterocycles. The Morgan fingerprint density at radius 2 is 2.29 bits per heavy atom. The van der Waals surface area contributed by atoms with Crippen LogP contribution in [0.25, 0.3) is 0 Å². The third-order valence-electron chi connectivity index (χ3n) is 2.47. The van der Waals surface area contributed by atoms with Crippen LogP contribution in [-0.2, 0) is 11.3 Å². The molecule has 17 heavy (non-hydrogen) atoms. The molecule has 5 nitrogen and oxygen atoms in total. The van der Waals surface area contributed by atoms with Crippen molar-refractivity contribution >= 4 is 5.97 Å². The lowest BCUT2D eigenvalue weighted by Crippen LogP contribution is -2.01. The standard InChI is InChI=1S/C12H14N2O3/c1-8-4-5-14(13-8)7-10-6-11(9(2)17-10)12(15)16-3/h4-6H,7H2,1-3H3. The molecule has 0 saturated heterocycles. The minimum atomic E-state index is -0.380. The van der Waals surface area contributed by atoms with Gasteiger partial charge in [-0.2, -0.15) is 5.10 Å². The van der Waals surface area contributed by atoms with Crippen molar-refractivity contribution in [2.24, 2.45) is 0 Å². The third kappa shape index (κ3) is 2.38. The first-order valence-electron chi connectivity index (χ1n) is 5.28. The monoisotopic (exact) mass is 234 g/mol. The first kappa shape index (κ1) is 11.4. The summed E-state index contributed by atoms with van der Waals surface area (Å²) >= 11 is 0. The topological polar surface area (TPSA) is 57.3 Å². The highest BCUT2D eigenvalue weighted by atomic mass is 16.5. The SMILES string of the molecule is COC(=O)c1cc(Cn2ccc(C)n2)oc1C. The maximum Gasteiger partial charge on any atom is 0.341 e. The summed E-state index contributed by atoms with van der Waals surface area (Å²) < 4.78 is 11.9. The summed E-state index contributed by atoms with van der Waals surface area (Å²) in [6, 6.07) is 3.61. The van der Waals surface area contributed by atoms with E-state index in [2.05, 4.69) is 9.84 Å². The molecule has 0 unspecified atom stereocenters. The fourth-order valence-corrected chi connectivity index (χ4v) is 1.65. The summed E-state index contributed by atoms with van der Waals surface area (Å²) in [5.74, 6) is 0.871. The number of esters is 1. The zero-order valence-corrected chi connectivity index (χ0v) is 10.1. The Morgan fingerprint density at radius 3 is 2.88 bits per heavy atom. The zero-order valence-electron chi connectivity index (χ0n) is 10.1. The fourth-order valence-electron chi connectivity index (χ4n) is 1.65.